The van der Waals surface area contributed by atoms with E-state index in [0.717, 1.165) is 17.2 Å². The van der Waals surface area contributed by atoms with Crippen LogP contribution in [0.25, 0.3) is 0 Å². The average molecular weight is 225 g/mol. The van der Waals surface area contributed by atoms with E-state index in [1.165, 1.54) is 0 Å². The summed E-state index contributed by atoms with van der Waals surface area (Å²) in [6.45, 7) is 2.68. The van der Waals surface area contributed by atoms with Crippen molar-refractivity contribution in [1.82, 2.24) is 0 Å². The molecule has 0 spiro atoms. The number of nitrogens with one attached hydrogen (secondary N) is 1. The average Bonchev–Trinajstić information content (AvgIpc) is 2.29. The third-order valence-corrected chi connectivity index (χ3v) is 2.23. The zero-order valence-electron chi connectivity index (χ0n) is 10.2. The Kier molecular flexibility index (Phi) is 4.92. The molecule has 90 valence electrons. The minimum Gasteiger partial charge on any atom is -0.497 e. The fraction of sp³-hybridized carbons (Fsp3) is 0.500. The van der Waals surface area contributed by atoms with E-state index in [4.69, 9.17) is 14.2 Å². The maximum absolute atomic E-state index is 5.26. The molecule has 4 nitrogen and oxygen atoms in total. The molecule has 0 aromatic heterocycles. The zero-order valence-corrected chi connectivity index (χ0v) is 10.2. The van der Waals surface area contributed by atoms with Crippen LogP contribution < -0.4 is 14.8 Å². The van der Waals surface area contributed by atoms with Crippen molar-refractivity contribution in [3.8, 4) is 11.5 Å². The van der Waals surface area contributed by atoms with Crippen molar-refractivity contribution in [3.63, 3.8) is 0 Å². The fourth-order valence-corrected chi connectivity index (χ4v) is 1.48. The molecule has 1 rings (SSSR count). The lowest BCUT2D eigenvalue weighted by molar-refractivity contribution is 0.190. The number of rotatable bonds is 6. The third kappa shape index (κ3) is 3.31. The smallest absolute Gasteiger partial charge is 0.142 e. The van der Waals surface area contributed by atoms with Crippen LogP contribution in [0, 0.1) is 0 Å². The Morgan fingerprint density at radius 2 is 1.94 bits per heavy atom. The molecule has 0 aliphatic heterocycles. The summed E-state index contributed by atoms with van der Waals surface area (Å²) in [5.74, 6) is 1.59. The molecule has 1 N–H and O–H groups in total. The molecular weight excluding hydrogens is 206 g/mol. The fourth-order valence-electron chi connectivity index (χ4n) is 1.48. The summed E-state index contributed by atoms with van der Waals surface area (Å²) in [7, 11) is 4.97. The van der Waals surface area contributed by atoms with E-state index in [1.807, 2.05) is 25.1 Å². The van der Waals surface area contributed by atoms with E-state index in [9.17, 15) is 0 Å². The standard InChI is InChI=1S/C12H19NO3/c1-9(8-14-2)13-11-7-10(15-3)5-6-12(11)16-4/h5-7,9,13H,8H2,1-4H3. The van der Waals surface area contributed by atoms with Crippen LogP contribution in [0.4, 0.5) is 5.69 Å². The normalized spacial score (nSPS) is 12.0. The largest absolute Gasteiger partial charge is 0.497 e. The molecule has 0 aliphatic carbocycles. The van der Waals surface area contributed by atoms with Crippen LogP contribution in [-0.2, 0) is 4.74 Å². The van der Waals surface area contributed by atoms with Gasteiger partial charge < -0.3 is 19.5 Å². The third-order valence-electron chi connectivity index (χ3n) is 2.23. The van der Waals surface area contributed by atoms with E-state index >= 15 is 0 Å². The van der Waals surface area contributed by atoms with Gasteiger partial charge in [0, 0.05) is 19.2 Å². The Balaban J connectivity index is 2.82. The molecule has 0 aliphatic rings. The molecule has 0 amide bonds. The highest BCUT2D eigenvalue weighted by Gasteiger charge is 2.08. The first kappa shape index (κ1) is 12.6. The second-order valence-corrected chi connectivity index (χ2v) is 3.57. The maximum Gasteiger partial charge on any atom is 0.142 e. The van der Waals surface area contributed by atoms with Gasteiger partial charge in [0.1, 0.15) is 11.5 Å². The highest BCUT2D eigenvalue weighted by molar-refractivity contribution is 5.60. The topological polar surface area (TPSA) is 39.7 Å². The van der Waals surface area contributed by atoms with Gasteiger partial charge >= 0.3 is 0 Å². The first-order valence-electron chi connectivity index (χ1n) is 5.18. The quantitative estimate of drug-likeness (QED) is 0.805. The van der Waals surface area contributed by atoms with Gasteiger partial charge in [-0.1, -0.05) is 0 Å². The van der Waals surface area contributed by atoms with Crippen LogP contribution >= 0.6 is 0 Å². The number of methoxy groups -OCH3 is 3. The highest BCUT2D eigenvalue weighted by Crippen LogP contribution is 2.29. The van der Waals surface area contributed by atoms with E-state index in [2.05, 4.69) is 5.32 Å². The van der Waals surface area contributed by atoms with E-state index in [0.29, 0.717) is 6.61 Å². The number of anilines is 1. The molecule has 0 bridgehead atoms. The van der Waals surface area contributed by atoms with Crippen molar-refractivity contribution in [3.05, 3.63) is 18.2 Å². The van der Waals surface area contributed by atoms with Crippen molar-refractivity contribution in [2.75, 3.05) is 33.3 Å². The Morgan fingerprint density at radius 1 is 1.19 bits per heavy atom. The van der Waals surface area contributed by atoms with E-state index in [1.54, 1.807) is 21.3 Å². The molecular formula is C12H19NO3. The van der Waals surface area contributed by atoms with Crippen LogP contribution in [0.3, 0.4) is 0 Å². The van der Waals surface area contributed by atoms with Crippen LogP contribution in [-0.4, -0.2) is 34.0 Å². The van der Waals surface area contributed by atoms with Gasteiger partial charge in [0.2, 0.25) is 0 Å². The minimum absolute atomic E-state index is 0.214. The predicted octanol–water partition coefficient (Wildman–Crippen LogP) is 2.15. The summed E-state index contributed by atoms with van der Waals surface area (Å²) in [4.78, 5) is 0. The highest BCUT2D eigenvalue weighted by atomic mass is 16.5. The molecule has 4 heteroatoms. The van der Waals surface area contributed by atoms with Gasteiger partial charge in [-0.25, -0.2) is 0 Å². The van der Waals surface area contributed by atoms with Gasteiger partial charge in [-0.2, -0.15) is 0 Å². The molecule has 0 fully saturated rings. The zero-order chi connectivity index (χ0) is 12.0. The molecule has 1 atom stereocenters. The molecule has 1 aromatic carbocycles. The van der Waals surface area contributed by atoms with Gasteiger partial charge in [0.05, 0.1) is 26.5 Å². The van der Waals surface area contributed by atoms with Crippen LogP contribution in [0.5, 0.6) is 11.5 Å². The lowest BCUT2D eigenvalue weighted by atomic mass is 10.2. The van der Waals surface area contributed by atoms with E-state index < -0.39 is 0 Å². The summed E-state index contributed by atoms with van der Waals surface area (Å²) in [5, 5.41) is 3.31. The monoisotopic (exact) mass is 225 g/mol. The first-order chi connectivity index (χ1) is 7.71. The van der Waals surface area contributed by atoms with Gasteiger partial charge in [-0.05, 0) is 19.1 Å². The summed E-state index contributed by atoms with van der Waals surface area (Å²) >= 11 is 0. The van der Waals surface area contributed by atoms with Gasteiger partial charge in [-0.15, -0.1) is 0 Å². The van der Waals surface area contributed by atoms with E-state index in [-0.39, 0.29) is 6.04 Å². The van der Waals surface area contributed by atoms with Crippen molar-refractivity contribution in [2.45, 2.75) is 13.0 Å². The molecule has 1 unspecified atom stereocenters. The van der Waals surface area contributed by atoms with Crippen molar-refractivity contribution in [1.29, 1.82) is 0 Å². The predicted molar refractivity (Wildman–Crippen MR) is 64.5 cm³/mol. The summed E-state index contributed by atoms with van der Waals surface area (Å²) in [6.07, 6.45) is 0. The molecule has 16 heavy (non-hydrogen) atoms. The van der Waals surface area contributed by atoms with Crippen molar-refractivity contribution >= 4 is 5.69 Å². The van der Waals surface area contributed by atoms with Crippen LogP contribution in [0.2, 0.25) is 0 Å². The Bertz CT molecular complexity index is 328. The van der Waals surface area contributed by atoms with Crippen molar-refractivity contribution < 1.29 is 14.2 Å². The maximum atomic E-state index is 5.26. The summed E-state index contributed by atoms with van der Waals surface area (Å²) < 4.78 is 15.5. The Labute approximate surface area is 96.5 Å². The van der Waals surface area contributed by atoms with Gasteiger partial charge in [-0.3, -0.25) is 0 Å². The summed E-state index contributed by atoms with van der Waals surface area (Å²) in [5.41, 5.74) is 0.909. The SMILES string of the molecule is COCC(C)Nc1cc(OC)ccc1OC. The lowest BCUT2D eigenvalue weighted by Gasteiger charge is -2.17. The second kappa shape index (κ2) is 6.23. The molecule has 0 saturated heterocycles. The number of hydrogen-bond acceptors (Lipinski definition) is 4. The second-order valence-electron chi connectivity index (χ2n) is 3.57. The molecule has 0 radical (unpaired) electrons. The summed E-state index contributed by atoms with van der Waals surface area (Å²) in [6, 6.07) is 5.86. The van der Waals surface area contributed by atoms with Crippen LogP contribution in [0.1, 0.15) is 6.92 Å². The minimum atomic E-state index is 0.214. The van der Waals surface area contributed by atoms with Gasteiger partial charge in [0.15, 0.2) is 0 Å². The van der Waals surface area contributed by atoms with Gasteiger partial charge in [0.25, 0.3) is 0 Å². The lowest BCUT2D eigenvalue weighted by Crippen LogP contribution is -2.21. The van der Waals surface area contributed by atoms with Crippen molar-refractivity contribution in [2.24, 2.45) is 0 Å². The molecule has 0 heterocycles. The number of ether oxygens (including phenoxy) is 3. The molecule has 1 aromatic rings. The Morgan fingerprint density at radius 3 is 2.50 bits per heavy atom. The number of benzene rings is 1. The Hall–Kier alpha value is -1.42. The number of hydrogen-bond donors (Lipinski definition) is 1. The van der Waals surface area contributed by atoms with Crippen LogP contribution in [0.15, 0.2) is 18.2 Å². The molecule has 0 saturated carbocycles. The first-order valence-corrected chi connectivity index (χ1v) is 5.18.